The van der Waals surface area contributed by atoms with Crippen LogP contribution in [0.25, 0.3) is 0 Å². The van der Waals surface area contributed by atoms with Gasteiger partial charge in [0.05, 0.1) is 6.54 Å². The molecule has 1 heterocycles. The van der Waals surface area contributed by atoms with Crippen molar-refractivity contribution in [3.63, 3.8) is 0 Å². The van der Waals surface area contributed by atoms with Crippen LogP contribution in [0.1, 0.15) is 23.6 Å². The number of hydrogen-bond acceptors (Lipinski definition) is 3. The number of aromatic nitrogens is 3. The third kappa shape index (κ3) is 5.02. The second-order valence-electron chi connectivity index (χ2n) is 5.41. The smallest absolute Gasteiger partial charge is 0.191 e. The molecule has 8 heteroatoms. The minimum absolute atomic E-state index is 0.176. The first kappa shape index (κ1) is 18.4. The molecule has 0 saturated heterocycles. The van der Waals surface area contributed by atoms with Crippen molar-refractivity contribution in [2.24, 2.45) is 12.0 Å². The van der Waals surface area contributed by atoms with Crippen molar-refractivity contribution >= 4 is 21.9 Å². The van der Waals surface area contributed by atoms with Crippen LogP contribution in [0.15, 0.2) is 27.7 Å². The zero-order valence-electron chi connectivity index (χ0n) is 14.1. The van der Waals surface area contributed by atoms with E-state index in [9.17, 15) is 4.39 Å². The topological polar surface area (TPSA) is 67.1 Å². The molecule has 0 aliphatic carbocycles. The molecule has 6 nitrogen and oxygen atoms in total. The SMILES string of the molecule is CN=C(NCCCc1ccc(Br)cc1F)NCc1nnc(C)n1C. The Kier molecular flexibility index (Phi) is 6.72. The standard InChI is InChI=1S/C16H22BrFN6/c1-11-22-23-15(24(11)3)10-21-16(19-2)20-8-4-5-12-6-7-13(17)9-14(12)18/h6-7,9H,4-5,8,10H2,1-3H3,(H2,19,20,21). The summed E-state index contributed by atoms with van der Waals surface area (Å²) in [5, 5.41) is 14.5. The predicted octanol–water partition coefficient (Wildman–Crippen LogP) is 2.32. The molecule has 0 unspecified atom stereocenters. The number of rotatable bonds is 6. The molecule has 2 N–H and O–H groups in total. The first-order valence-corrected chi connectivity index (χ1v) is 8.54. The van der Waals surface area contributed by atoms with Crippen molar-refractivity contribution in [3.05, 3.63) is 45.7 Å². The van der Waals surface area contributed by atoms with Gasteiger partial charge in [-0.1, -0.05) is 22.0 Å². The molecule has 0 aliphatic rings. The second-order valence-corrected chi connectivity index (χ2v) is 6.33. The fourth-order valence-electron chi connectivity index (χ4n) is 2.20. The first-order chi connectivity index (χ1) is 11.5. The van der Waals surface area contributed by atoms with Crippen LogP contribution in [-0.4, -0.2) is 34.3 Å². The normalized spacial score (nSPS) is 11.6. The van der Waals surface area contributed by atoms with Gasteiger partial charge in [0, 0.05) is 25.1 Å². The number of aliphatic imine (C=N–C) groups is 1. The van der Waals surface area contributed by atoms with Crippen molar-refractivity contribution in [3.8, 4) is 0 Å². The summed E-state index contributed by atoms with van der Waals surface area (Å²) in [5.41, 5.74) is 0.720. The zero-order chi connectivity index (χ0) is 17.5. The summed E-state index contributed by atoms with van der Waals surface area (Å²) in [4.78, 5) is 4.17. The number of guanidine groups is 1. The van der Waals surface area contributed by atoms with Crippen LogP contribution in [-0.2, 0) is 20.0 Å². The van der Waals surface area contributed by atoms with Gasteiger partial charge < -0.3 is 15.2 Å². The Morgan fingerprint density at radius 1 is 1.33 bits per heavy atom. The average molecular weight is 397 g/mol. The first-order valence-electron chi connectivity index (χ1n) is 7.74. The molecule has 0 saturated carbocycles. The van der Waals surface area contributed by atoms with Crippen molar-refractivity contribution in [2.45, 2.75) is 26.3 Å². The molecule has 2 aromatic rings. The lowest BCUT2D eigenvalue weighted by Crippen LogP contribution is -2.38. The maximum atomic E-state index is 13.7. The quantitative estimate of drug-likeness (QED) is 0.446. The highest BCUT2D eigenvalue weighted by atomic mass is 79.9. The second kappa shape index (κ2) is 8.77. The van der Waals surface area contributed by atoms with E-state index in [2.05, 4.69) is 41.8 Å². The Morgan fingerprint density at radius 2 is 2.12 bits per heavy atom. The van der Waals surface area contributed by atoms with Crippen molar-refractivity contribution < 1.29 is 4.39 Å². The average Bonchev–Trinajstić information content (AvgIpc) is 2.87. The molecule has 2 rings (SSSR count). The molecule has 0 fully saturated rings. The van der Waals surface area contributed by atoms with Crippen molar-refractivity contribution in [1.29, 1.82) is 0 Å². The Hall–Kier alpha value is -1.96. The van der Waals surface area contributed by atoms with Gasteiger partial charge in [0.15, 0.2) is 11.8 Å². The number of halogens is 2. The molecule has 0 bridgehead atoms. The summed E-state index contributed by atoms with van der Waals surface area (Å²) in [6.07, 6.45) is 1.48. The molecular formula is C16H22BrFN6. The largest absolute Gasteiger partial charge is 0.356 e. The van der Waals surface area contributed by atoms with E-state index in [1.54, 1.807) is 7.05 Å². The highest BCUT2D eigenvalue weighted by molar-refractivity contribution is 9.10. The highest BCUT2D eigenvalue weighted by Crippen LogP contribution is 2.16. The minimum atomic E-state index is -0.176. The number of nitrogens with one attached hydrogen (secondary N) is 2. The Labute approximate surface area is 149 Å². The molecule has 0 spiro atoms. The van der Waals surface area contributed by atoms with Gasteiger partial charge in [0.25, 0.3) is 0 Å². The van der Waals surface area contributed by atoms with E-state index in [-0.39, 0.29) is 5.82 Å². The van der Waals surface area contributed by atoms with Gasteiger partial charge in [-0.3, -0.25) is 4.99 Å². The Balaban J connectivity index is 1.74. The zero-order valence-corrected chi connectivity index (χ0v) is 15.7. The van der Waals surface area contributed by atoms with Crippen LogP contribution >= 0.6 is 15.9 Å². The van der Waals surface area contributed by atoms with Crippen LogP contribution in [0.4, 0.5) is 4.39 Å². The van der Waals surface area contributed by atoms with Gasteiger partial charge in [-0.2, -0.15) is 0 Å². The van der Waals surface area contributed by atoms with Crippen LogP contribution < -0.4 is 10.6 Å². The predicted molar refractivity (Wildman–Crippen MR) is 96.4 cm³/mol. The van der Waals surface area contributed by atoms with E-state index in [4.69, 9.17) is 0 Å². The summed E-state index contributed by atoms with van der Waals surface area (Å²) in [7, 11) is 3.64. The van der Waals surface area contributed by atoms with Gasteiger partial charge >= 0.3 is 0 Å². The fourth-order valence-corrected chi connectivity index (χ4v) is 2.53. The molecule has 0 radical (unpaired) electrons. The third-order valence-electron chi connectivity index (χ3n) is 3.75. The van der Waals surface area contributed by atoms with Gasteiger partial charge in [0.2, 0.25) is 0 Å². The monoisotopic (exact) mass is 396 g/mol. The molecule has 1 aromatic carbocycles. The van der Waals surface area contributed by atoms with E-state index in [1.165, 1.54) is 6.07 Å². The summed E-state index contributed by atoms with van der Waals surface area (Å²) in [5.74, 6) is 2.22. The van der Waals surface area contributed by atoms with E-state index in [1.807, 2.05) is 30.7 Å². The lowest BCUT2D eigenvalue weighted by Gasteiger charge is -2.11. The van der Waals surface area contributed by atoms with E-state index in [0.29, 0.717) is 25.5 Å². The van der Waals surface area contributed by atoms with Crippen molar-refractivity contribution in [1.82, 2.24) is 25.4 Å². The summed E-state index contributed by atoms with van der Waals surface area (Å²) in [6.45, 7) is 3.15. The molecule has 0 atom stereocenters. The number of benzene rings is 1. The van der Waals surface area contributed by atoms with Crippen molar-refractivity contribution in [2.75, 3.05) is 13.6 Å². The van der Waals surface area contributed by atoms with Crippen LogP contribution in [0.5, 0.6) is 0 Å². The Bertz CT molecular complexity index is 713. The van der Waals surface area contributed by atoms with Gasteiger partial charge in [-0.15, -0.1) is 10.2 Å². The fraction of sp³-hybridized carbons (Fsp3) is 0.438. The highest BCUT2D eigenvalue weighted by Gasteiger charge is 2.06. The summed E-state index contributed by atoms with van der Waals surface area (Å²) >= 11 is 3.26. The van der Waals surface area contributed by atoms with Gasteiger partial charge in [-0.25, -0.2) is 4.39 Å². The molecular weight excluding hydrogens is 375 g/mol. The van der Waals surface area contributed by atoms with E-state index < -0.39 is 0 Å². The Morgan fingerprint density at radius 3 is 2.75 bits per heavy atom. The van der Waals surface area contributed by atoms with Crippen LogP contribution in [0.3, 0.4) is 0 Å². The van der Waals surface area contributed by atoms with Gasteiger partial charge in [0.1, 0.15) is 11.6 Å². The molecule has 0 amide bonds. The minimum Gasteiger partial charge on any atom is -0.356 e. The van der Waals surface area contributed by atoms with E-state index in [0.717, 1.165) is 28.1 Å². The number of hydrogen-bond donors (Lipinski definition) is 2. The lowest BCUT2D eigenvalue weighted by molar-refractivity contribution is 0.601. The van der Waals surface area contributed by atoms with Gasteiger partial charge in [-0.05, 0) is 37.5 Å². The summed E-state index contributed by atoms with van der Waals surface area (Å²) < 4.78 is 16.4. The van der Waals surface area contributed by atoms with Crippen LogP contribution in [0.2, 0.25) is 0 Å². The van der Waals surface area contributed by atoms with E-state index >= 15 is 0 Å². The maximum absolute atomic E-state index is 13.7. The number of aryl methyl sites for hydroxylation is 2. The maximum Gasteiger partial charge on any atom is 0.191 e. The third-order valence-corrected chi connectivity index (χ3v) is 4.24. The molecule has 130 valence electrons. The molecule has 1 aromatic heterocycles. The molecule has 24 heavy (non-hydrogen) atoms. The molecule has 0 aliphatic heterocycles. The number of nitrogens with zero attached hydrogens (tertiary/aromatic N) is 4. The lowest BCUT2D eigenvalue weighted by atomic mass is 10.1. The van der Waals surface area contributed by atoms with Crippen LogP contribution in [0, 0.1) is 12.7 Å². The summed E-state index contributed by atoms with van der Waals surface area (Å²) in [6, 6.07) is 5.16.